The van der Waals surface area contributed by atoms with Crippen molar-refractivity contribution in [1.82, 2.24) is 15.5 Å². The first-order valence-electron chi connectivity index (χ1n) is 8.34. The Kier molecular flexibility index (Phi) is 5.71. The Morgan fingerprint density at radius 3 is 2.65 bits per heavy atom. The highest BCUT2D eigenvalue weighted by atomic mass is 35.5. The van der Waals surface area contributed by atoms with Crippen LogP contribution < -0.4 is 5.32 Å². The van der Waals surface area contributed by atoms with Gasteiger partial charge in [-0.05, 0) is 31.0 Å². The molecule has 0 aliphatic rings. The van der Waals surface area contributed by atoms with Crippen LogP contribution in [0.3, 0.4) is 0 Å². The topological polar surface area (TPSA) is 78.0 Å². The molecule has 0 fully saturated rings. The Bertz CT molecular complexity index is 890. The number of aliphatic hydroxyl groups is 1. The number of halogens is 1. The molecule has 134 valence electrons. The molecule has 0 radical (unpaired) electrons. The lowest BCUT2D eigenvalue weighted by Gasteiger charge is -2.16. The summed E-state index contributed by atoms with van der Waals surface area (Å²) in [5.74, 6) is -0.318. The summed E-state index contributed by atoms with van der Waals surface area (Å²) in [5.41, 5.74) is 3.89. The van der Waals surface area contributed by atoms with Gasteiger partial charge in [0.25, 0.3) is 5.91 Å². The minimum atomic E-state index is -0.378. The second-order valence-corrected chi connectivity index (χ2v) is 6.60. The molecule has 2 aromatic carbocycles. The highest BCUT2D eigenvalue weighted by Crippen LogP contribution is 2.26. The van der Waals surface area contributed by atoms with Crippen molar-refractivity contribution in [2.75, 3.05) is 6.61 Å². The molecule has 0 unspecified atom stereocenters. The smallest absolute Gasteiger partial charge is 0.269 e. The number of rotatable bonds is 6. The summed E-state index contributed by atoms with van der Waals surface area (Å²) < 4.78 is 0. The van der Waals surface area contributed by atoms with E-state index in [4.69, 9.17) is 11.6 Å². The van der Waals surface area contributed by atoms with Gasteiger partial charge in [-0.15, -0.1) is 0 Å². The van der Waals surface area contributed by atoms with Gasteiger partial charge in [-0.1, -0.05) is 59.6 Å². The van der Waals surface area contributed by atoms with Crippen LogP contribution in [0.5, 0.6) is 0 Å². The van der Waals surface area contributed by atoms with E-state index in [1.54, 1.807) is 12.1 Å². The van der Waals surface area contributed by atoms with Crippen LogP contribution >= 0.6 is 11.6 Å². The van der Waals surface area contributed by atoms with Gasteiger partial charge in [-0.25, -0.2) is 0 Å². The van der Waals surface area contributed by atoms with Gasteiger partial charge in [0.05, 0.1) is 23.4 Å². The minimum absolute atomic E-state index is 0.148. The quantitative estimate of drug-likeness (QED) is 0.623. The van der Waals surface area contributed by atoms with E-state index in [0.717, 1.165) is 11.1 Å². The summed E-state index contributed by atoms with van der Waals surface area (Å²) in [4.78, 5) is 12.5. The maximum Gasteiger partial charge on any atom is 0.269 e. The first kappa shape index (κ1) is 18.2. The molecular weight excluding hydrogens is 350 g/mol. The number of carbonyl (C=O) groups excluding carboxylic acids is 1. The van der Waals surface area contributed by atoms with Crippen molar-refractivity contribution >= 4 is 17.5 Å². The van der Waals surface area contributed by atoms with Crippen LogP contribution in [-0.4, -0.2) is 33.9 Å². The Morgan fingerprint density at radius 1 is 1.23 bits per heavy atom. The molecule has 1 atom stereocenters. The number of nitrogens with one attached hydrogen (secondary N) is 2. The number of nitrogens with zero attached hydrogens (tertiary/aromatic N) is 1. The molecule has 0 saturated carbocycles. The van der Waals surface area contributed by atoms with Gasteiger partial charge in [0, 0.05) is 5.56 Å². The molecule has 1 aromatic heterocycles. The summed E-state index contributed by atoms with van der Waals surface area (Å²) in [6.45, 7) is 1.87. The largest absolute Gasteiger partial charge is 0.394 e. The number of benzene rings is 2. The zero-order valence-electron chi connectivity index (χ0n) is 14.4. The zero-order chi connectivity index (χ0) is 18.5. The summed E-state index contributed by atoms with van der Waals surface area (Å²) >= 11 is 6.17. The van der Waals surface area contributed by atoms with E-state index < -0.39 is 0 Å². The summed E-state index contributed by atoms with van der Waals surface area (Å²) in [5, 5.41) is 19.9. The average molecular weight is 370 g/mol. The van der Waals surface area contributed by atoms with E-state index in [2.05, 4.69) is 15.5 Å². The van der Waals surface area contributed by atoms with Crippen LogP contribution in [0.2, 0.25) is 5.02 Å². The molecule has 3 aromatic rings. The van der Waals surface area contributed by atoms with Gasteiger partial charge in [0.15, 0.2) is 0 Å². The third kappa shape index (κ3) is 4.31. The Balaban J connectivity index is 1.69. The van der Waals surface area contributed by atoms with Crippen LogP contribution in [-0.2, 0) is 6.42 Å². The second-order valence-electron chi connectivity index (χ2n) is 6.19. The number of hydrogen-bond donors (Lipinski definition) is 3. The third-order valence-corrected chi connectivity index (χ3v) is 4.46. The van der Waals surface area contributed by atoms with Crippen molar-refractivity contribution in [3.05, 3.63) is 76.4 Å². The number of aromatic nitrogens is 2. The zero-order valence-corrected chi connectivity index (χ0v) is 15.1. The van der Waals surface area contributed by atoms with Crippen molar-refractivity contribution in [2.24, 2.45) is 0 Å². The van der Waals surface area contributed by atoms with E-state index in [1.165, 1.54) is 5.56 Å². The normalized spacial score (nSPS) is 12.0. The van der Waals surface area contributed by atoms with Crippen LogP contribution in [0.15, 0.2) is 54.6 Å². The van der Waals surface area contributed by atoms with Gasteiger partial charge >= 0.3 is 0 Å². The molecule has 1 heterocycles. The molecular formula is C20H20ClN3O2. The first-order chi connectivity index (χ1) is 12.6. The SMILES string of the molecule is Cc1ccc(C[C@@H](CO)NC(=O)c2cc(-c3ccccc3Cl)n[nH]2)cc1. The van der Waals surface area contributed by atoms with Crippen molar-refractivity contribution in [3.8, 4) is 11.3 Å². The number of aryl methyl sites for hydroxylation is 1. The minimum Gasteiger partial charge on any atom is -0.394 e. The molecule has 3 rings (SSSR count). The molecule has 3 N–H and O–H groups in total. The lowest BCUT2D eigenvalue weighted by molar-refractivity contribution is 0.0911. The average Bonchev–Trinajstić information content (AvgIpc) is 3.13. The van der Waals surface area contributed by atoms with Crippen LogP contribution in [0.4, 0.5) is 0 Å². The molecule has 5 nitrogen and oxygen atoms in total. The number of aromatic amines is 1. The molecule has 26 heavy (non-hydrogen) atoms. The molecule has 1 amide bonds. The van der Waals surface area contributed by atoms with E-state index in [1.807, 2.05) is 49.4 Å². The monoisotopic (exact) mass is 369 g/mol. The predicted octanol–water partition coefficient (Wildman–Crippen LogP) is 3.37. The second kappa shape index (κ2) is 8.17. The van der Waals surface area contributed by atoms with Crippen LogP contribution in [0, 0.1) is 6.92 Å². The molecule has 0 spiro atoms. The summed E-state index contributed by atoms with van der Waals surface area (Å²) in [7, 11) is 0. The van der Waals surface area contributed by atoms with Crippen LogP contribution in [0.1, 0.15) is 21.6 Å². The van der Waals surface area contributed by atoms with E-state index in [0.29, 0.717) is 22.8 Å². The Morgan fingerprint density at radius 2 is 1.96 bits per heavy atom. The highest BCUT2D eigenvalue weighted by molar-refractivity contribution is 6.33. The number of H-pyrrole nitrogens is 1. The summed E-state index contributed by atoms with van der Waals surface area (Å²) in [6.07, 6.45) is 0.550. The number of hydrogen-bond acceptors (Lipinski definition) is 3. The summed E-state index contributed by atoms with van der Waals surface area (Å²) in [6, 6.07) is 16.6. The number of amides is 1. The van der Waals surface area contributed by atoms with Gasteiger partial charge in [0.1, 0.15) is 5.69 Å². The van der Waals surface area contributed by atoms with Crippen molar-refractivity contribution in [2.45, 2.75) is 19.4 Å². The maximum absolute atomic E-state index is 12.5. The van der Waals surface area contributed by atoms with Crippen molar-refractivity contribution in [1.29, 1.82) is 0 Å². The first-order valence-corrected chi connectivity index (χ1v) is 8.72. The van der Waals surface area contributed by atoms with E-state index in [-0.39, 0.29) is 18.6 Å². The van der Waals surface area contributed by atoms with Crippen molar-refractivity contribution < 1.29 is 9.90 Å². The molecule has 0 aliphatic heterocycles. The van der Waals surface area contributed by atoms with Crippen molar-refractivity contribution in [3.63, 3.8) is 0 Å². The fraction of sp³-hybridized carbons (Fsp3) is 0.200. The van der Waals surface area contributed by atoms with Gasteiger partial charge in [-0.3, -0.25) is 9.89 Å². The maximum atomic E-state index is 12.5. The van der Waals surface area contributed by atoms with E-state index in [9.17, 15) is 9.90 Å². The van der Waals surface area contributed by atoms with Crippen LogP contribution in [0.25, 0.3) is 11.3 Å². The highest BCUT2D eigenvalue weighted by Gasteiger charge is 2.17. The molecule has 6 heteroatoms. The lowest BCUT2D eigenvalue weighted by atomic mass is 10.0. The van der Waals surface area contributed by atoms with Gasteiger partial charge in [-0.2, -0.15) is 5.10 Å². The molecule has 0 saturated heterocycles. The molecule has 0 bridgehead atoms. The molecule has 0 aliphatic carbocycles. The Labute approximate surface area is 157 Å². The number of aliphatic hydroxyl groups excluding tert-OH is 1. The predicted molar refractivity (Wildman–Crippen MR) is 102 cm³/mol. The number of carbonyl (C=O) groups is 1. The van der Waals surface area contributed by atoms with Gasteiger partial charge < -0.3 is 10.4 Å². The third-order valence-electron chi connectivity index (χ3n) is 4.13. The standard InChI is InChI=1S/C20H20ClN3O2/c1-13-6-8-14(9-7-13)10-15(12-25)22-20(26)19-11-18(23-24-19)16-4-2-3-5-17(16)21/h2-9,11,15,25H,10,12H2,1H3,(H,22,26)(H,23,24)/t15-/m0/s1. The fourth-order valence-electron chi connectivity index (χ4n) is 2.68. The Hall–Kier alpha value is -2.63. The van der Waals surface area contributed by atoms with Gasteiger partial charge in [0.2, 0.25) is 0 Å². The van der Waals surface area contributed by atoms with E-state index >= 15 is 0 Å². The lowest BCUT2D eigenvalue weighted by Crippen LogP contribution is -2.39. The fourth-order valence-corrected chi connectivity index (χ4v) is 2.91.